The van der Waals surface area contributed by atoms with Gasteiger partial charge in [-0.3, -0.25) is 0 Å². The van der Waals surface area contributed by atoms with Gasteiger partial charge in [-0.1, -0.05) is 32.0 Å². The lowest BCUT2D eigenvalue weighted by atomic mass is 9.47. The normalized spacial score (nSPS) is 33.9. The van der Waals surface area contributed by atoms with Crippen LogP contribution in [0.4, 0.5) is 5.69 Å². The summed E-state index contributed by atoms with van der Waals surface area (Å²) in [6.45, 7) is 4.53. The predicted molar refractivity (Wildman–Crippen MR) is 110 cm³/mol. The van der Waals surface area contributed by atoms with Crippen LogP contribution in [0.2, 0.25) is 0 Å². The lowest BCUT2D eigenvalue weighted by molar-refractivity contribution is -0.0709. The number of benzene rings is 1. The molecule has 0 radical (unpaired) electrons. The maximum atomic E-state index is 5.72. The topological polar surface area (TPSA) is 24.1 Å². The third-order valence-electron chi connectivity index (χ3n) is 7.18. The highest BCUT2D eigenvalue weighted by Crippen LogP contribution is 2.61. The van der Waals surface area contributed by atoms with Crippen molar-refractivity contribution < 1.29 is 0 Å². The maximum Gasteiger partial charge on any atom is 0.171 e. The molecule has 1 aromatic rings. The molecule has 4 saturated carbocycles. The van der Waals surface area contributed by atoms with E-state index in [1.807, 2.05) is 0 Å². The molecule has 4 fully saturated rings. The van der Waals surface area contributed by atoms with Gasteiger partial charge >= 0.3 is 0 Å². The lowest BCUT2D eigenvalue weighted by Gasteiger charge is -2.59. The van der Waals surface area contributed by atoms with E-state index in [9.17, 15) is 0 Å². The Hall–Kier alpha value is -1.09. The monoisotopic (exact) mass is 356 g/mol. The highest BCUT2D eigenvalue weighted by Gasteiger charge is 2.53. The second kappa shape index (κ2) is 6.90. The summed E-state index contributed by atoms with van der Waals surface area (Å²) in [7, 11) is 0. The van der Waals surface area contributed by atoms with E-state index < -0.39 is 0 Å². The summed E-state index contributed by atoms with van der Waals surface area (Å²) < 4.78 is 0. The smallest absolute Gasteiger partial charge is 0.171 e. The summed E-state index contributed by atoms with van der Waals surface area (Å²) in [6, 6.07) is 9.03. The van der Waals surface area contributed by atoms with E-state index in [0.29, 0.717) is 11.5 Å². The van der Waals surface area contributed by atoms with Crippen molar-refractivity contribution in [2.24, 2.45) is 23.2 Å². The summed E-state index contributed by atoms with van der Waals surface area (Å²) in [6.07, 6.45) is 11.0. The average molecular weight is 357 g/mol. The van der Waals surface area contributed by atoms with E-state index in [1.165, 1.54) is 50.5 Å². The van der Waals surface area contributed by atoms with Crippen molar-refractivity contribution in [1.29, 1.82) is 0 Å². The molecule has 0 amide bonds. The molecule has 0 heterocycles. The van der Waals surface area contributed by atoms with Crippen LogP contribution >= 0.6 is 12.2 Å². The zero-order valence-corrected chi connectivity index (χ0v) is 16.5. The van der Waals surface area contributed by atoms with Crippen molar-refractivity contribution in [3.05, 3.63) is 29.8 Å². The van der Waals surface area contributed by atoms with Crippen molar-refractivity contribution in [3.63, 3.8) is 0 Å². The molecule has 3 heteroatoms. The van der Waals surface area contributed by atoms with Crippen molar-refractivity contribution in [2.75, 3.05) is 5.32 Å². The molecule has 2 nitrogen and oxygen atoms in total. The van der Waals surface area contributed by atoms with Crippen LogP contribution in [0.5, 0.6) is 0 Å². The van der Waals surface area contributed by atoms with Crippen LogP contribution in [-0.4, -0.2) is 11.2 Å². The summed E-state index contributed by atoms with van der Waals surface area (Å²) >= 11 is 5.72. The third kappa shape index (κ3) is 3.32. The zero-order chi connectivity index (χ0) is 17.4. The molecule has 5 rings (SSSR count). The van der Waals surface area contributed by atoms with Crippen LogP contribution < -0.4 is 10.6 Å². The first-order valence-corrected chi connectivity index (χ1v) is 10.7. The fourth-order valence-corrected chi connectivity index (χ4v) is 6.81. The number of para-hydroxylation sites is 1. The summed E-state index contributed by atoms with van der Waals surface area (Å²) in [5.41, 5.74) is 2.98. The molecule has 4 aliphatic rings. The summed E-state index contributed by atoms with van der Waals surface area (Å²) in [5, 5.41) is 8.03. The van der Waals surface area contributed by atoms with Gasteiger partial charge in [-0.25, -0.2) is 0 Å². The molecule has 4 bridgehead atoms. The quantitative estimate of drug-likeness (QED) is 0.678. The number of nitrogens with one attached hydrogen (secondary N) is 2. The van der Waals surface area contributed by atoms with E-state index in [1.54, 1.807) is 0 Å². The Kier molecular flexibility index (Phi) is 4.79. The minimum Gasteiger partial charge on any atom is -0.359 e. The lowest BCUT2D eigenvalue weighted by Crippen LogP contribution is -2.57. The summed E-state index contributed by atoms with van der Waals surface area (Å²) in [5.74, 6) is 2.97. The second-order valence-electron chi connectivity index (χ2n) is 8.85. The van der Waals surface area contributed by atoms with Crippen molar-refractivity contribution in [2.45, 2.75) is 71.3 Å². The standard InChI is InChI=1S/C22H32N2S/c1-3-18-7-5-6-8-19(18)23-21(25)24-20(4-2)22-12-15-9-16(13-22)11-17(10-15)14-22/h5-8,15-17,20H,3-4,9-14H2,1-2H3,(H2,23,24,25). The molecule has 2 N–H and O–H groups in total. The van der Waals surface area contributed by atoms with E-state index in [4.69, 9.17) is 12.2 Å². The number of rotatable bonds is 5. The molecule has 1 aromatic carbocycles. The van der Waals surface area contributed by atoms with Crippen LogP contribution in [0.25, 0.3) is 0 Å². The van der Waals surface area contributed by atoms with Crippen LogP contribution in [0.3, 0.4) is 0 Å². The molecule has 136 valence electrons. The van der Waals surface area contributed by atoms with E-state index in [-0.39, 0.29) is 0 Å². The molecule has 0 aliphatic heterocycles. The fourth-order valence-electron chi connectivity index (χ4n) is 6.56. The van der Waals surface area contributed by atoms with E-state index in [0.717, 1.165) is 35.0 Å². The SMILES string of the molecule is CCc1ccccc1NC(=S)NC(CC)C12CC3CC(CC(C3)C1)C2. The van der Waals surface area contributed by atoms with Gasteiger partial charge in [-0.2, -0.15) is 0 Å². The average Bonchev–Trinajstić information content (AvgIpc) is 2.59. The van der Waals surface area contributed by atoms with Gasteiger partial charge in [0.05, 0.1) is 0 Å². The Morgan fingerprint density at radius 1 is 1.08 bits per heavy atom. The Morgan fingerprint density at radius 2 is 1.68 bits per heavy atom. The van der Waals surface area contributed by atoms with Gasteiger partial charge < -0.3 is 10.6 Å². The van der Waals surface area contributed by atoms with E-state index >= 15 is 0 Å². The van der Waals surface area contributed by atoms with E-state index in [2.05, 4.69) is 48.7 Å². The van der Waals surface area contributed by atoms with Crippen molar-refractivity contribution in [3.8, 4) is 0 Å². The van der Waals surface area contributed by atoms with Gasteiger partial charge in [0.2, 0.25) is 0 Å². The Morgan fingerprint density at radius 3 is 2.24 bits per heavy atom. The van der Waals surface area contributed by atoms with Gasteiger partial charge in [0.25, 0.3) is 0 Å². The molecule has 1 unspecified atom stereocenters. The predicted octanol–water partition coefficient (Wildman–Crippen LogP) is 5.53. The first kappa shape index (κ1) is 17.3. The van der Waals surface area contributed by atoms with Gasteiger partial charge in [-0.05, 0) is 98.4 Å². The molecular formula is C22H32N2S. The molecule has 0 spiro atoms. The molecular weight excluding hydrogens is 324 g/mol. The number of hydrogen-bond donors (Lipinski definition) is 2. The Bertz CT molecular complexity index is 603. The van der Waals surface area contributed by atoms with Crippen LogP contribution in [0.15, 0.2) is 24.3 Å². The second-order valence-corrected chi connectivity index (χ2v) is 9.26. The van der Waals surface area contributed by atoms with Gasteiger partial charge in [0, 0.05) is 11.7 Å². The molecule has 0 aromatic heterocycles. The van der Waals surface area contributed by atoms with Crippen LogP contribution in [0, 0.1) is 23.2 Å². The van der Waals surface area contributed by atoms with Crippen molar-refractivity contribution in [1.82, 2.24) is 5.32 Å². The van der Waals surface area contributed by atoms with Crippen LogP contribution in [-0.2, 0) is 6.42 Å². The summed E-state index contributed by atoms with van der Waals surface area (Å²) in [4.78, 5) is 0. The van der Waals surface area contributed by atoms with Gasteiger partial charge in [0.1, 0.15) is 0 Å². The number of thiocarbonyl (C=S) groups is 1. The zero-order valence-electron chi connectivity index (χ0n) is 15.7. The fraction of sp³-hybridized carbons (Fsp3) is 0.682. The van der Waals surface area contributed by atoms with Gasteiger partial charge in [0.15, 0.2) is 5.11 Å². The molecule has 1 atom stereocenters. The highest BCUT2D eigenvalue weighted by molar-refractivity contribution is 7.80. The minimum atomic E-state index is 0.500. The first-order valence-electron chi connectivity index (χ1n) is 10.3. The third-order valence-corrected chi connectivity index (χ3v) is 7.40. The Balaban J connectivity index is 1.46. The molecule has 25 heavy (non-hydrogen) atoms. The molecule has 4 aliphatic carbocycles. The first-order chi connectivity index (χ1) is 12.1. The number of aryl methyl sites for hydroxylation is 1. The molecule has 0 saturated heterocycles. The van der Waals surface area contributed by atoms with Crippen LogP contribution in [0.1, 0.15) is 64.4 Å². The Labute approximate surface area is 158 Å². The largest absolute Gasteiger partial charge is 0.359 e. The maximum absolute atomic E-state index is 5.72. The number of anilines is 1. The van der Waals surface area contributed by atoms with Gasteiger partial charge in [-0.15, -0.1) is 0 Å². The van der Waals surface area contributed by atoms with Crippen molar-refractivity contribution >= 4 is 23.0 Å². The highest BCUT2D eigenvalue weighted by atomic mass is 32.1. The minimum absolute atomic E-state index is 0.500. The number of hydrogen-bond acceptors (Lipinski definition) is 1.